The minimum atomic E-state index is -0.158. The van der Waals surface area contributed by atoms with Crippen molar-refractivity contribution >= 4 is 17.0 Å². The molecule has 0 radical (unpaired) electrons. The number of rotatable bonds is 5. The summed E-state index contributed by atoms with van der Waals surface area (Å²) in [7, 11) is 1.59. The van der Waals surface area contributed by atoms with Crippen molar-refractivity contribution in [1.82, 2.24) is 9.38 Å². The minimum Gasteiger partial charge on any atom is -0.490 e. The van der Waals surface area contributed by atoms with Gasteiger partial charge in [0.2, 0.25) is 5.75 Å². The van der Waals surface area contributed by atoms with E-state index in [1.165, 1.54) is 70.6 Å². The number of pyridine rings is 1. The normalized spacial score (nSPS) is 24.8. The fraction of sp³-hybridized carbons (Fsp3) is 0.724. The summed E-state index contributed by atoms with van der Waals surface area (Å²) in [5.41, 5.74) is 9.14. The number of hydrogen-bond acceptors (Lipinski definition) is 6. The van der Waals surface area contributed by atoms with Gasteiger partial charge in [-0.25, -0.2) is 4.98 Å². The largest absolute Gasteiger partial charge is 0.490 e. The Balaban J connectivity index is 1.36. The van der Waals surface area contributed by atoms with Gasteiger partial charge in [0.1, 0.15) is 0 Å². The van der Waals surface area contributed by atoms with E-state index in [-0.39, 0.29) is 11.5 Å². The fourth-order valence-corrected chi connectivity index (χ4v) is 6.85. The molecule has 1 aliphatic heterocycles. The van der Waals surface area contributed by atoms with Gasteiger partial charge in [-0.05, 0) is 43.6 Å². The van der Waals surface area contributed by atoms with Gasteiger partial charge in [-0.2, -0.15) is 0 Å². The van der Waals surface area contributed by atoms with Crippen molar-refractivity contribution in [3.63, 3.8) is 0 Å². The molecule has 3 heterocycles. The first-order valence-electron chi connectivity index (χ1n) is 14.4. The van der Waals surface area contributed by atoms with E-state index in [0.29, 0.717) is 30.3 Å². The van der Waals surface area contributed by atoms with Crippen LogP contribution in [0.1, 0.15) is 95.1 Å². The molecule has 0 bridgehead atoms. The van der Waals surface area contributed by atoms with E-state index in [9.17, 15) is 4.79 Å². The van der Waals surface area contributed by atoms with Gasteiger partial charge < -0.3 is 20.1 Å². The molecular weight excluding hydrogens is 452 g/mol. The minimum absolute atomic E-state index is 0.158. The fourth-order valence-electron chi connectivity index (χ4n) is 6.85. The van der Waals surface area contributed by atoms with Crippen LogP contribution in [-0.4, -0.2) is 42.8 Å². The number of morpholine rings is 1. The van der Waals surface area contributed by atoms with Crippen molar-refractivity contribution in [2.24, 2.45) is 11.8 Å². The molecule has 2 atom stereocenters. The monoisotopic (exact) mass is 496 g/mol. The van der Waals surface area contributed by atoms with Gasteiger partial charge in [-0.3, -0.25) is 9.20 Å². The highest BCUT2D eigenvalue weighted by Crippen LogP contribution is 2.40. The number of fused-ring (bicyclic) bond motifs is 1. The molecule has 3 aliphatic rings. The van der Waals surface area contributed by atoms with Crippen LogP contribution in [0.2, 0.25) is 0 Å². The summed E-state index contributed by atoms with van der Waals surface area (Å²) in [5.74, 6) is 2.34. The summed E-state index contributed by atoms with van der Waals surface area (Å²) >= 11 is 0. The molecule has 0 aromatic carbocycles. The van der Waals surface area contributed by atoms with E-state index >= 15 is 0 Å². The average molecular weight is 497 g/mol. The molecule has 198 valence electrons. The molecule has 2 aromatic rings. The first-order valence-corrected chi connectivity index (χ1v) is 14.4. The SMILES string of the molecule is COc1c(C2CCCC(CC3CCCCCCC3)CC2)nc2c(N)cc(N3CCOCC3)cn2c1=O. The summed E-state index contributed by atoms with van der Waals surface area (Å²) < 4.78 is 12.8. The molecule has 1 saturated heterocycles. The number of nitrogens with two attached hydrogens (primary N) is 1. The summed E-state index contributed by atoms with van der Waals surface area (Å²) in [6.07, 6.45) is 19.0. The topological polar surface area (TPSA) is 82.1 Å². The molecule has 3 fully saturated rings. The molecule has 2 saturated carbocycles. The lowest BCUT2D eigenvalue weighted by Gasteiger charge is -2.29. The van der Waals surface area contributed by atoms with Crippen molar-refractivity contribution in [2.75, 3.05) is 44.0 Å². The van der Waals surface area contributed by atoms with Gasteiger partial charge in [-0.15, -0.1) is 0 Å². The van der Waals surface area contributed by atoms with Crippen molar-refractivity contribution in [1.29, 1.82) is 0 Å². The summed E-state index contributed by atoms with van der Waals surface area (Å²) in [5, 5.41) is 0. The van der Waals surface area contributed by atoms with Crippen molar-refractivity contribution < 1.29 is 9.47 Å². The predicted molar refractivity (Wildman–Crippen MR) is 145 cm³/mol. The third-order valence-electron chi connectivity index (χ3n) is 8.87. The molecule has 7 nitrogen and oxygen atoms in total. The standard InChI is InChI=1S/C29H44N4O3/c1-35-27-26(23-11-7-10-22(12-13-23)18-21-8-5-3-2-4-6-9-21)31-28-25(30)19-24(20-33(28)29(27)34)32-14-16-36-17-15-32/h19-23H,2-18,30H2,1H3. The molecule has 5 rings (SSSR count). The zero-order chi connectivity index (χ0) is 24.9. The maximum atomic E-state index is 13.6. The van der Waals surface area contributed by atoms with Gasteiger partial charge in [0.25, 0.3) is 0 Å². The van der Waals surface area contributed by atoms with E-state index in [4.69, 9.17) is 20.2 Å². The van der Waals surface area contributed by atoms with Crippen LogP contribution in [0, 0.1) is 11.8 Å². The van der Waals surface area contributed by atoms with Gasteiger partial charge in [-0.1, -0.05) is 57.8 Å². The molecule has 2 unspecified atom stereocenters. The van der Waals surface area contributed by atoms with Gasteiger partial charge in [0.15, 0.2) is 5.65 Å². The van der Waals surface area contributed by atoms with Crippen molar-refractivity contribution in [3.8, 4) is 5.75 Å². The third-order valence-corrected chi connectivity index (χ3v) is 8.87. The van der Waals surface area contributed by atoms with Gasteiger partial charge in [0, 0.05) is 25.2 Å². The van der Waals surface area contributed by atoms with E-state index in [1.807, 2.05) is 12.3 Å². The number of aromatic nitrogens is 2. The highest BCUT2D eigenvalue weighted by Gasteiger charge is 2.28. The quantitative estimate of drug-likeness (QED) is 0.548. The van der Waals surface area contributed by atoms with E-state index in [0.717, 1.165) is 49.1 Å². The second-order valence-corrected chi connectivity index (χ2v) is 11.3. The van der Waals surface area contributed by atoms with Crippen LogP contribution in [0.25, 0.3) is 5.65 Å². The highest BCUT2D eigenvalue weighted by molar-refractivity contribution is 5.71. The molecule has 36 heavy (non-hydrogen) atoms. The Bertz CT molecular complexity index is 1070. The Labute approximate surface area is 215 Å². The first-order chi connectivity index (χ1) is 17.6. The maximum Gasteiger partial charge on any atom is 0.300 e. The lowest BCUT2D eigenvalue weighted by molar-refractivity contribution is 0.122. The first kappa shape index (κ1) is 25.4. The van der Waals surface area contributed by atoms with Crippen LogP contribution in [0.15, 0.2) is 17.1 Å². The highest BCUT2D eigenvalue weighted by atomic mass is 16.5. The van der Waals surface area contributed by atoms with Crippen LogP contribution in [-0.2, 0) is 4.74 Å². The number of methoxy groups -OCH3 is 1. The lowest BCUT2D eigenvalue weighted by Crippen LogP contribution is -2.36. The molecule has 0 amide bonds. The van der Waals surface area contributed by atoms with Gasteiger partial charge in [0.05, 0.1) is 37.4 Å². The summed E-state index contributed by atoms with van der Waals surface area (Å²) in [6, 6.07) is 1.95. The second kappa shape index (κ2) is 11.8. The average Bonchev–Trinajstić information content (AvgIpc) is 3.12. The Hall–Kier alpha value is -2.28. The van der Waals surface area contributed by atoms with Crippen molar-refractivity contribution in [3.05, 3.63) is 28.3 Å². The maximum absolute atomic E-state index is 13.6. The smallest absolute Gasteiger partial charge is 0.300 e. The number of ether oxygens (including phenoxy) is 2. The molecular formula is C29H44N4O3. The Morgan fingerprint density at radius 1 is 0.972 bits per heavy atom. The summed E-state index contributed by atoms with van der Waals surface area (Å²) in [6.45, 7) is 2.92. The lowest BCUT2D eigenvalue weighted by atomic mass is 9.82. The van der Waals surface area contributed by atoms with E-state index in [2.05, 4.69) is 4.90 Å². The molecule has 2 N–H and O–H groups in total. The van der Waals surface area contributed by atoms with E-state index < -0.39 is 0 Å². The van der Waals surface area contributed by atoms with Crippen LogP contribution < -0.4 is 20.9 Å². The van der Waals surface area contributed by atoms with Crippen molar-refractivity contribution in [2.45, 2.75) is 89.4 Å². The Kier molecular flexibility index (Phi) is 8.35. The molecule has 2 aliphatic carbocycles. The van der Waals surface area contributed by atoms with Crippen LogP contribution in [0.3, 0.4) is 0 Å². The number of hydrogen-bond donors (Lipinski definition) is 1. The predicted octanol–water partition coefficient (Wildman–Crippen LogP) is 5.54. The van der Waals surface area contributed by atoms with Gasteiger partial charge >= 0.3 is 5.56 Å². The summed E-state index contributed by atoms with van der Waals surface area (Å²) in [4.78, 5) is 20.8. The van der Waals surface area contributed by atoms with Crippen LogP contribution in [0.4, 0.5) is 11.4 Å². The Morgan fingerprint density at radius 3 is 2.42 bits per heavy atom. The number of nitrogens with zero attached hydrogens (tertiary/aromatic N) is 3. The zero-order valence-corrected chi connectivity index (χ0v) is 22.1. The number of anilines is 2. The second-order valence-electron chi connectivity index (χ2n) is 11.3. The molecule has 2 aromatic heterocycles. The zero-order valence-electron chi connectivity index (χ0n) is 22.1. The van der Waals surface area contributed by atoms with E-state index in [1.54, 1.807) is 11.5 Å². The third kappa shape index (κ3) is 5.66. The Morgan fingerprint density at radius 2 is 1.67 bits per heavy atom. The number of nitrogen functional groups attached to an aromatic ring is 1. The van der Waals surface area contributed by atoms with Crippen LogP contribution in [0.5, 0.6) is 5.75 Å². The molecule has 7 heteroatoms. The molecule has 0 spiro atoms. The van der Waals surface area contributed by atoms with Crippen LogP contribution >= 0.6 is 0 Å².